The van der Waals surface area contributed by atoms with Gasteiger partial charge in [0.25, 0.3) is 0 Å². The molecule has 3 rings (SSSR count). The smallest absolute Gasteiger partial charge is 0.343 e. The second kappa shape index (κ2) is 7.00. The molecule has 0 amide bonds. The van der Waals surface area contributed by atoms with E-state index in [1.807, 2.05) is 48.5 Å². The molecule has 5 heteroatoms. The van der Waals surface area contributed by atoms with E-state index in [0.717, 1.165) is 11.3 Å². The summed E-state index contributed by atoms with van der Waals surface area (Å²) in [6.07, 6.45) is 1.70. The minimum Gasteiger partial charge on any atom is -0.497 e. The summed E-state index contributed by atoms with van der Waals surface area (Å²) in [5.74, 6) is 0.511. The fraction of sp³-hybridized carbons (Fsp3) is 0.158. The molecular formula is C19H17NO4. The number of fused-ring (bicyclic) bond motifs is 1. The lowest BCUT2D eigenvalue weighted by molar-refractivity contribution is -0.136. The molecule has 0 N–H and O–H groups in total. The molecule has 0 unspecified atom stereocenters. The fourth-order valence-corrected chi connectivity index (χ4v) is 2.27. The van der Waals surface area contributed by atoms with Crippen LogP contribution in [0.1, 0.15) is 18.4 Å². The molecule has 0 aliphatic heterocycles. The van der Waals surface area contributed by atoms with Crippen molar-refractivity contribution >= 4 is 28.7 Å². The zero-order valence-electron chi connectivity index (χ0n) is 13.5. The summed E-state index contributed by atoms with van der Waals surface area (Å²) in [4.78, 5) is 16.7. The van der Waals surface area contributed by atoms with Crippen LogP contribution in [0.15, 0.2) is 52.9 Å². The van der Waals surface area contributed by atoms with Gasteiger partial charge in [0.05, 0.1) is 13.7 Å². The maximum atomic E-state index is 12.3. The number of esters is 1. The van der Waals surface area contributed by atoms with Gasteiger partial charge < -0.3 is 13.9 Å². The van der Waals surface area contributed by atoms with E-state index < -0.39 is 5.97 Å². The average molecular weight is 323 g/mol. The Morgan fingerprint density at radius 2 is 1.92 bits per heavy atom. The van der Waals surface area contributed by atoms with E-state index in [2.05, 4.69) is 4.98 Å². The lowest BCUT2D eigenvalue weighted by atomic mass is 10.1. The molecule has 0 radical (unpaired) electrons. The lowest BCUT2D eigenvalue weighted by Gasteiger charge is -2.04. The highest BCUT2D eigenvalue weighted by Gasteiger charge is 2.19. The molecule has 0 spiro atoms. The molecule has 1 heterocycles. The largest absolute Gasteiger partial charge is 0.497 e. The number of oxazole rings is 1. The van der Waals surface area contributed by atoms with Gasteiger partial charge in [-0.15, -0.1) is 0 Å². The first-order valence-electron chi connectivity index (χ1n) is 7.60. The third kappa shape index (κ3) is 3.30. The molecule has 0 bridgehead atoms. The molecule has 0 fully saturated rings. The van der Waals surface area contributed by atoms with Crippen LogP contribution in [0.3, 0.4) is 0 Å². The Labute approximate surface area is 139 Å². The topological polar surface area (TPSA) is 61.6 Å². The van der Waals surface area contributed by atoms with E-state index >= 15 is 0 Å². The molecule has 0 aliphatic carbocycles. The number of rotatable bonds is 5. The number of para-hydroxylation sites is 2. The molecular weight excluding hydrogens is 306 g/mol. The predicted octanol–water partition coefficient (Wildman–Crippen LogP) is 3.94. The molecule has 0 aliphatic rings. The van der Waals surface area contributed by atoms with Crippen LogP contribution in [-0.4, -0.2) is 24.7 Å². The molecule has 0 atom stereocenters. The second-order valence-corrected chi connectivity index (χ2v) is 5.04. The first kappa shape index (κ1) is 15.8. The van der Waals surface area contributed by atoms with E-state index in [1.165, 1.54) is 0 Å². The monoisotopic (exact) mass is 323 g/mol. The molecule has 2 aromatic carbocycles. The Bertz CT molecular complexity index is 845. The molecule has 3 aromatic rings. The van der Waals surface area contributed by atoms with Gasteiger partial charge in [-0.2, -0.15) is 0 Å². The van der Waals surface area contributed by atoms with Crippen LogP contribution in [-0.2, 0) is 9.53 Å². The van der Waals surface area contributed by atoms with Gasteiger partial charge in [0.15, 0.2) is 5.58 Å². The Balaban J connectivity index is 2.04. The van der Waals surface area contributed by atoms with Crippen LogP contribution < -0.4 is 4.74 Å². The zero-order chi connectivity index (χ0) is 16.9. The Morgan fingerprint density at radius 3 is 2.58 bits per heavy atom. The highest BCUT2D eigenvalue weighted by Crippen LogP contribution is 2.24. The van der Waals surface area contributed by atoms with Crippen molar-refractivity contribution < 1.29 is 18.7 Å². The SMILES string of the molecule is CCOC(=O)C(=Cc1ccc(OC)cc1)c1nc2ccccc2o1. The number of ether oxygens (including phenoxy) is 2. The fourth-order valence-electron chi connectivity index (χ4n) is 2.27. The van der Waals surface area contributed by atoms with E-state index in [4.69, 9.17) is 13.9 Å². The van der Waals surface area contributed by atoms with Crippen molar-refractivity contribution in [2.75, 3.05) is 13.7 Å². The summed E-state index contributed by atoms with van der Waals surface area (Å²) in [5, 5.41) is 0. The van der Waals surface area contributed by atoms with Crippen molar-refractivity contribution in [3.63, 3.8) is 0 Å². The van der Waals surface area contributed by atoms with Crippen molar-refractivity contribution in [1.29, 1.82) is 0 Å². The number of carbonyl (C=O) groups is 1. The Morgan fingerprint density at radius 1 is 1.17 bits per heavy atom. The number of nitrogens with zero attached hydrogens (tertiary/aromatic N) is 1. The van der Waals surface area contributed by atoms with Gasteiger partial charge in [0, 0.05) is 0 Å². The Kier molecular flexibility index (Phi) is 4.61. The molecule has 0 saturated heterocycles. The lowest BCUT2D eigenvalue weighted by Crippen LogP contribution is -2.07. The zero-order valence-corrected chi connectivity index (χ0v) is 13.5. The van der Waals surface area contributed by atoms with Gasteiger partial charge in [0.2, 0.25) is 5.89 Å². The van der Waals surface area contributed by atoms with Crippen molar-refractivity contribution in [1.82, 2.24) is 4.98 Å². The first-order valence-corrected chi connectivity index (χ1v) is 7.60. The van der Waals surface area contributed by atoms with Gasteiger partial charge in [-0.05, 0) is 42.8 Å². The minimum absolute atomic E-state index is 0.241. The third-order valence-electron chi connectivity index (χ3n) is 3.45. The van der Waals surface area contributed by atoms with E-state index in [-0.39, 0.29) is 18.1 Å². The van der Waals surface area contributed by atoms with Crippen molar-refractivity contribution in [3.8, 4) is 5.75 Å². The van der Waals surface area contributed by atoms with Gasteiger partial charge in [-0.3, -0.25) is 0 Å². The molecule has 122 valence electrons. The van der Waals surface area contributed by atoms with Crippen LogP contribution in [0.25, 0.3) is 22.7 Å². The summed E-state index contributed by atoms with van der Waals surface area (Å²) >= 11 is 0. The van der Waals surface area contributed by atoms with Crippen LogP contribution in [0, 0.1) is 0 Å². The highest BCUT2D eigenvalue weighted by molar-refractivity contribution is 6.20. The summed E-state index contributed by atoms with van der Waals surface area (Å²) in [6, 6.07) is 14.7. The summed E-state index contributed by atoms with van der Waals surface area (Å²) < 4.78 is 16.0. The Hall–Kier alpha value is -3.08. The van der Waals surface area contributed by atoms with Gasteiger partial charge in [0.1, 0.15) is 16.8 Å². The maximum Gasteiger partial charge on any atom is 0.343 e. The molecule has 0 saturated carbocycles. The van der Waals surface area contributed by atoms with Crippen LogP contribution in [0.5, 0.6) is 5.75 Å². The standard InChI is InChI=1S/C19H17NO4/c1-3-23-19(21)15(12-13-8-10-14(22-2)11-9-13)18-20-16-6-4-5-7-17(16)24-18/h4-12H,3H2,1-2H3. The van der Waals surface area contributed by atoms with Gasteiger partial charge in [-0.1, -0.05) is 24.3 Å². The molecule has 5 nitrogen and oxygen atoms in total. The summed E-state index contributed by atoms with van der Waals surface area (Å²) in [6.45, 7) is 2.04. The first-order chi connectivity index (χ1) is 11.7. The van der Waals surface area contributed by atoms with Crippen LogP contribution >= 0.6 is 0 Å². The van der Waals surface area contributed by atoms with E-state index in [0.29, 0.717) is 11.1 Å². The van der Waals surface area contributed by atoms with Crippen LogP contribution in [0.4, 0.5) is 0 Å². The predicted molar refractivity (Wildman–Crippen MR) is 91.5 cm³/mol. The second-order valence-electron chi connectivity index (χ2n) is 5.04. The van der Waals surface area contributed by atoms with Crippen molar-refractivity contribution in [2.24, 2.45) is 0 Å². The minimum atomic E-state index is -0.472. The average Bonchev–Trinajstić information content (AvgIpc) is 3.04. The molecule has 24 heavy (non-hydrogen) atoms. The molecule has 1 aromatic heterocycles. The van der Waals surface area contributed by atoms with E-state index in [9.17, 15) is 4.79 Å². The summed E-state index contributed by atoms with van der Waals surface area (Å²) in [7, 11) is 1.60. The van der Waals surface area contributed by atoms with Crippen molar-refractivity contribution in [3.05, 3.63) is 60.0 Å². The number of hydrogen-bond donors (Lipinski definition) is 0. The highest BCUT2D eigenvalue weighted by atomic mass is 16.5. The van der Waals surface area contributed by atoms with E-state index in [1.54, 1.807) is 20.1 Å². The normalized spacial score (nSPS) is 11.5. The number of benzene rings is 2. The summed E-state index contributed by atoms with van der Waals surface area (Å²) in [5.41, 5.74) is 2.41. The van der Waals surface area contributed by atoms with Crippen LogP contribution in [0.2, 0.25) is 0 Å². The maximum absolute atomic E-state index is 12.3. The number of carbonyl (C=O) groups excluding carboxylic acids is 1. The quantitative estimate of drug-likeness (QED) is 0.526. The third-order valence-corrected chi connectivity index (χ3v) is 3.45. The van der Waals surface area contributed by atoms with Crippen molar-refractivity contribution in [2.45, 2.75) is 6.92 Å². The van der Waals surface area contributed by atoms with Gasteiger partial charge >= 0.3 is 5.97 Å². The number of hydrogen-bond acceptors (Lipinski definition) is 5. The number of aromatic nitrogens is 1. The van der Waals surface area contributed by atoms with Gasteiger partial charge in [-0.25, -0.2) is 9.78 Å². The number of methoxy groups -OCH3 is 1.